The molecule has 5 nitrogen and oxygen atoms in total. The monoisotopic (exact) mass is 296 g/mol. The van der Waals surface area contributed by atoms with Gasteiger partial charge in [-0.25, -0.2) is 0 Å². The molecule has 5 heteroatoms. The molecular formula is C17H12O5. The molecule has 1 aliphatic heterocycles. The Morgan fingerprint density at radius 2 is 1.95 bits per heavy atom. The average Bonchev–Trinajstić information content (AvgIpc) is 2.59. The highest BCUT2D eigenvalue weighted by atomic mass is 16.5. The summed E-state index contributed by atoms with van der Waals surface area (Å²) < 4.78 is 5.66. The molecule has 0 saturated heterocycles. The zero-order valence-corrected chi connectivity index (χ0v) is 11.5. The van der Waals surface area contributed by atoms with Gasteiger partial charge in [-0.3, -0.25) is 4.79 Å². The number of ether oxygens (including phenoxy) is 1. The number of aromatic hydroxyl groups is 2. The summed E-state index contributed by atoms with van der Waals surface area (Å²) in [5, 5.41) is 28.1. The van der Waals surface area contributed by atoms with Crippen LogP contribution < -0.4 is 4.74 Å². The number of phenolic OH excluding ortho intramolecular Hbond substituents is 2. The molecule has 2 aromatic rings. The number of phenols is 2. The SMILES string of the molecule is O=C1Cc2cc(C#CCO)ccc2Oc2cc(O)cc(O)c21. The van der Waals surface area contributed by atoms with E-state index in [-0.39, 0.29) is 41.6 Å². The Balaban J connectivity index is 2.09. The van der Waals surface area contributed by atoms with E-state index in [1.54, 1.807) is 18.2 Å². The van der Waals surface area contributed by atoms with Gasteiger partial charge in [0.1, 0.15) is 35.2 Å². The van der Waals surface area contributed by atoms with Gasteiger partial charge in [-0.1, -0.05) is 11.8 Å². The third-order valence-corrected chi connectivity index (χ3v) is 3.29. The topological polar surface area (TPSA) is 87.0 Å². The number of aliphatic hydroxyl groups excluding tert-OH is 1. The van der Waals surface area contributed by atoms with Crippen molar-refractivity contribution in [2.45, 2.75) is 6.42 Å². The Labute approximate surface area is 126 Å². The third kappa shape index (κ3) is 2.48. The highest BCUT2D eigenvalue weighted by Crippen LogP contribution is 2.40. The fraction of sp³-hybridized carbons (Fsp3) is 0.118. The molecule has 3 rings (SSSR count). The quantitative estimate of drug-likeness (QED) is 0.647. The maximum atomic E-state index is 12.3. The molecule has 1 aliphatic rings. The number of aliphatic hydroxyl groups is 1. The highest BCUT2D eigenvalue weighted by Gasteiger charge is 2.25. The maximum Gasteiger partial charge on any atom is 0.174 e. The summed E-state index contributed by atoms with van der Waals surface area (Å²) in [6, 6.07) is 7.48. The van der Waals surface area contributed by atoms with Gasteiger partial charge in [0, 0.05) is 29.7 Å². The summed E-state index contributed by atoms with van der Waals surface area (Å²) in [6.45, 7) is -0.245. The predicted molar refractivity (Wildman–Crippen MR) is 78.3 cm³/mol. The number of fused-ring (bicyclic) bond motifs is 2. The van der Waals surface area contributed by atoms with Gasteiger partial charge < -0.3 is 20.1 Å². The lowest BCUT2D eigenvalue weighted by atomic mass is 10.0. The van der Waals surface area contributed by atoms with Crippen LogP contribution >= 0.6 is 0 Å². The Morgan fingerprint density at radius 3 is 2.73 bits per heavy atom. The van der Waals surface area contributed by atoms with Crippen LogP contribution in [0.1, 0.15) is 21.5 Å². The van der Waals surface area contributed by atoms with Crippen LogP contribution in [0.3, 0.4) is 0 Å². The van der Waals surface area contributed by atoms with Crippen molar-refractivity contribution in [3.05, 3.63) is 47.0 Å². The molecule has 0 radical (unpaired) electrons. The largest absolute Gasteiger partial charge is 0.508 e. The van der Waals surface area contributed by atoms with Crippen LogP contribution in [0.5, 0.6) is 23.0 Å². The van der Waals surface area contributed by atoms with Crippen molar-refractivity contribution in [2.24, 2.45) is 0 Å². The summed E-state index contributed by atoms with van der Waals surface area (Å²) in [5.74, 6) is 5.09. The van der Waals surface area contributed by atoms with Crippen molar-refractivity contribution in [1.29, 1.82) is 0 Å². The molecule has 1 heterocycles. The van der Waals surface area contributed by atoms with Gasteiger partial charge in [-0.05, 0) is 18.2 Å². The zero-order valence-electron chi connectivity index (χ0n) is 11.5. The molecule has 22 heavy (non-hydrogen) atoms. The van der Waals surface area contributed by atoms with Gasteiger partial charge in [0.2, 0.25) is 0 Å². The first-order valence-electron chi connectivity index (χ1n) is 6.58. The van der Waals surface area contributed by atoms with Crippen LogP contribution in [0.15, 0.2) is 30.3 Å². The standard InChI is InChI=1S/C17H12O5/c18-5-1-2-10-3-4-15-11(6-10)7-13(20)17-14(21)8-12(19)9-16(17)22-15/h3-4,6,8-9,18-19,21H,5,7H2. The first-order chi connectivity index (χ1) is 10.6. The second-order valence-corrected chi connectivity index (χ2v) is 4.82. The van der Waals surface area contributed by atoms with Crippen LogP contribution in [0, 0.1) is 11.8 Å². The van der Waals surface area contributed by atoms with Crippen LogP contribution in [-0.2, 0) is 6.42 Å². The minimum atomic E-state index is -0.312. The zero-order chi connectivity index (χ0) is 15.7. The minimum absolute atomic E-state index is 0.0509. The molecule has 3 N–H and O–H groups in total. The number of ketones is 1. The molecule has 0 aliphatic carbocycles. The Bertz CT molecular complexity index is 827. The van der Waals surface area contributed by atoms with Crippen molar-refractivity contribution >= 4 is 5.78 Å². The van der Waals surface area contributed by atoms with E-state index in [4.69, 9.17) is 9.84 Å². The number of benzene rings is 2. The Morgan fingerprint density at radius 1 is 1.14 bits per heavy atom. The summed E-state index contributed by atoms with van der Waals surface area (Å²) in [4.78, 5) is 12.3. The lowest BCUT2D eigenvalue weighted by molar-refractivity contribution is 0.0991. The molecule has 0 atom stereocenters. The van der Waals surface area contributed by atoms with Crippen molar-refractivity contribution in [3.8, 4) is 34.8 Å². The summed E-state index contributed by atoms with van der Waals surface area (Å²) in [5.41, 5.74) is 1.34. The number of hydrogen-bond donors (Lipinski definition) is 3. The molecule has 110 valence electrons. The van der Waals surface area contributed by atoms with Gasteiger partial charge in [-0.15, -0.1) is 0 Å². The minimum Gasteiger partial charge on any atom is -0.508 e. The molecular weight excluding hydrogens is 284 g/mol. The van der Waals surface area contributed by atoms with Gasteiger partial charge in [0.05, 0.1) is 0 Å². The van der Waals surface area contributed by atoms with Crippen molar-refractivity contribution in [3.63, 3.8) is 0 Å². The van der Waals surface area contributed by atoms with Crippen LogP contribution in [0.2, 0.25) is 0 Å². The maximum absolute atomic E-state index is 12.3. The van der Waals surface area contributed by atoms with Gasteiger partial charge in [0.25, 0.3) is 0 Å². The van der Waals surface area contributed by atoms with E-state index < -0.39 is 0 Å². The van der Waals surface area contributed by atoms with Gasteiger partial charge in [0.15, 0.2) is 5.78 Å². The van der Waals surface area contributed by atoms with E-state index in [0.29, 0.717) is 16.9 Å². The fourth-order valence-corrected chi connectivity index (χ4v) is 2.36. The Kier molecular flexibility index (Phi) is 3.45. The molecule has 0 saturated carbocycles. The first-order valence-corrected chi connectivity index (χ1v) is 6.58. The molecule has 0 fully saturated rings. The highest BCUT2D eigenvalue weighted by molar-refractivity contribution is 6.03. The lowest BCUT2D eigenvalue weighted by Gasteiger charge is -2.09. The van der Waals surface area contributed by atoms with E-state index >= 15 is 0 Å². The smallest absolute Gasteiger partial charge is 0.174 e. The Hall–Kier alpha value is -2.97. The fourth-order valence-electron chi connectivity index (χ4n) is 2.36. The number of Topliss-reactive ketones (excluding diaryl/α,β-unsaturated/α-hetero) is 1. The second kappa shape index (κ2) is 5.43. The molecule has 0 bridgehead atoms. The predicted octanol–water partition coefficient (Wildman–Crippen LogP) is 1.97. The average molecular weight is 296 g/mol. The summed E-state index contributed by atoms with van der Waals surface area (Å²) in [7, 11) is 0. The van der Waals surface area contributed by atoms with E-state index in [0.717, 1.165) is 6.07 Å². The third-order valence-electron chi connectivity index (χ3n) is 3.29. The van der Waals surface area contributed by atoms with Crippen LogP contribution in [0.4, 0.5) is 0 Å². The van der Waals surface area contributed by atoms with Gasteiger partial charge in [-0.2, -0.15) is 0 Å². The number of carbonyl (C=O) groups excluding carboxylic acids is 1. The number of hydrogen-bond acceptors (Lipinski definition) is 5. The number of rotatable bonds is 0. The van der Waals surface area contributed by atoms with Crippen molar-refractivity contribution in [2.75, 3.05) is 6.61 Å². The molecule has 0 aromatic heterocycles. The molecule has 0 unspecified atom stereocenters. The van der Waals surface area contributed by atoms with Crippen molar-refractivity contribution in [1.82, 2.24) is 0 Å². The van der Waals surface area contributed by atoms with Crippen LogP contribution in [-0.4, -0.2) is 27.7 Å². The normalized spacial score (nSPS) is 12.3. The second-order valence-electron chi connectivity index (χ2n) is 4.82. The first kappa shape index (κ1) is 14.0. The molecule has 0 spiro atoms. The molecule has 2 aromatic carbocycles. The summed E-state index contributed by atoms with van der Waals surface area (Å²) in [6.07, 6.45) is 0.0509. The molecule has 0 amide bonds. The number of carbonyl (C=O) groups is 1. The van der Waals surface area contributed by atoms with Crippen LogP contribution in [0.25, 0.3) is 0 Å². The van der Waals surface area contributed by atoms with Crippen molar-refractivity contribution < 1.29 is 24.9 Å². The van der Waals surface area contributed by atoms with E-state index in [1.807, 2.05) is 0 Å². The van der Waals surface area contributed by atoms with E-state index in [1.165, 1.54) is 6.07 Å². The summed E-state index contributed by atoms with van der Waals surface area (Å²) >= 11 is 0. The van der Waals surface area contributed by atoms with E-state index in [2.05, 4.69) is 11.8 Å². The van der Waals surface area contributed by atoms with E-state index in [9.17, 15) is 15.0 Å². The lowest BCUT2D eigenvalue weighted by Crippen LogP contribution is -2.02. The van der Waals surface area contributed by atoms with Gasteiger partial charge >= 0.3 is 0 Å².